The highest BCUT2D eigenvalue weighted by atomic mass is 19.1. The Balaban J connectivity index is 1.86. The lowest BCUT2D eigenvalue weighted by Gasteiger charge is -2.07. The van der Waals surface area contributed by atoms with E-state index in [-0.39, 0.29) is 5.82 Å². The zero-order valence-electron chi connectivity index (χ0n) is 17.5. The summed E-state index contributed by atoms with van der Waals surface area (Å²) in [5, 5.41) is 2.06. The lowest BCUT2D eigenvalue weighted by Crippen LogP contribution is -1.89. The highest BCUT2D eigenvalue weighted by molar-refractivity contribution is 6.11. The number of hydrogen-bond acceptors (Lipinski definition) is 3. The van der Waals surface area contributed by atoms with Gasteiger partial charge in [-0.05, 0) is 67.3 Å². The van der Waals surface area contributed by atoms with Gasteiger partial charge in [-0.3, -0.25) is 4.99 Å². The number of halogens is 1. The van der Waals surface area contributed by atoms with E-state index in [1.165, 1.54) is 12.1 Å². The Morgan fingerprint density at radius 2 is 1.83 bits per heavy atom. The van der Waals surface area contributed by atoms with E-state index in [1.807, 2.05) is 31.2 Å². The quantitative estimate of drug-likeness (QED) is 0.276. The van der Waals surface area contributed by atoms with Crippen molar-refractivity contribution in [1.29, 1.82) is 0 Å². The minimum atomic E-state index is -0.269. The van der Waals surface area contributed by atoms with Crippen LogP contribution in [0.4, 0.5) is 4.39 Å². The fraction of sp³-hybridized carbons (Fsp3) is 0.154. The van der Waals surface area contributed by atoms with Gasteiger partial charge < -0.3 is 4.42 Å². The van der Waals surface area contributed by atoms with Crippen molar-refractivity contribution in [2.45, 2.75) is 20.8 Å². The molecule has 0 fully saturated rings. The molecule has 0 bridgehead atoms. The maximum absolute atomic E-state index is 13.7. The van der Waals surface area contributed by atoms with Gasteiger partial charge in [0.25, 0.3) is 0 Å². The number of aryl methyl sites for hydroxylation is 2. The van der Waals surface area contributed by atoms with Crippen molar-refractivity contribution in [2.75, 3.05) is 7.05 Å². The molecule has 150 valence electrons. The molecule has 2 aromatic heterocycles. The molecule has 0 spiro atoms. The van der Waals surface area contributed by atoms with Crippen LogP contribution in [0.15, 0.2) is 70.1 Å². The first-order valence-corrected chi connectivity index (χ1v) is 9.84. The summed E-state index contributed by atoms with van der Waals surface area (Å²) in [5.74, 6) is -0.269. The third kappa shape index (κ3) is 3.69. The number of aromatic nitrogens is 1. The van der Waals surface area contributed by atoms with E-state index in [1.54, 1.807) is 19.3 Å². The molecule has 0 atom stereocenters. The summed E-state index contributed by atoms with van der Waals surface area (Å²) in [6.45, 7) is 6.08. The van der Waals surface area contributed by atoms with Gasteiger partial charge in [-0.2, -0.15) is 0 Å². The molecule has 2 heterocycles. The minimum absolute atomic E-state index is 0.269. The summed E-state index contributed by atoms with van der Waals surface area (Å²) in [4.78, 5) is 8.66. The monoisotopic (exact) mass is 398 g/mol. The van der Waals surface area contributed by atoms with Gasteiger partial charge in [-0.15, -0.1) is 0 Å². The van der Waals surface area contributed by atoms with Crippen LogP contribution in [-0.2, 0) is 0 Å². The topological polar surface area (TPSA) is 38.4 Å². The lowest BCUT2D eigenvalue weighted by molar-refractivity contribution is 0.627. The Hall–Kier alpha value is -3.53. The fourth-order valence-electron chi connectivity index (χ4n) is 3.72. The molecule has 0 radical (unpaired) electrons. The van der Waals surface area contributed by atoms with E-state index in [9.17, 15) is 4.39 Å². The van der Waals surface area contributed by atoms with Crippen LogP contribution >= 0.6 is 0 Å². The van der Waals surface area contributed by atoms with Gasteiger partial charge in [0.1, 0.15) is 11.4 Å². The van der Waals surface area contributed by atoms with E-state index in [0.717, 1.165) is 49.9 Å². The van der Waals surface area contributed by atoms with E-state index in [0.29, 0.717) is 5.71 Å². The maximum atomic E-state index is 13.7. The Labute approximate surface area is 175 Å². The number of aliphatic imine (C=N–C) groups is 1. The summed E-state index contributed by atoms with van der Waals surface area (Å²) in [6.07, 6.45) is 5.72. The molecular formula is C26H23FN2O. The molecule has 4 rings (SSSR count). The number of rotatable bonds is 4. The smallest absolute Gasteiger partial charge is 0.227 e. The molecular weight excluding hydrogens is 375 g/mol. The van der Waals surface area contributed by atoms with Crippen LogP contribution in [0, 0.1) is 19.7 Å². The molecule has 0 saturated heterocycles. The van der Waals surface area contributed by atoms with Gasteiger partial charge in [0.2, 0.25) is 5.71 Å². The van der Waals surface area contributed by atoms with Crippen LogP contribution in [0.1, 0.15) is 29.3 Å². The number of furan rings is 1. The molecule has 30 heavy (non-hydrogen) atoms. The Morgan fingerprint density at radius 3 is 2.60 bits per heavy atom. The highest BCUT2D eigenvalue weighted by Crippen LogP contribution is 2.35. The molecule has 0 unspecified atom stereocenters. The molecule has 0 aliphatic heterocycles. The minimum Gasteiger partial charge on any atom is -0.437 e. The van der Waals surface area contributed by atoms with Crippen molar-refractivity contribution in [3.8, 4) is 0 Å². The van der Waals surface area contributed by atoms with E-state index >= 15 is 0 Å². The summed E-state index contributed by atoms with van der Waals surface area (Å²) >= 11 is 0. The summed E-state index contributed by atoms with van der Waals surface area (Å²) < 4.78 is 19.9. The number of pyridine rings is 1. The van der Waals surface area contributed by atoms with Crippen molar-refractivity contribution in [1.82, 2.24) is 4.98 Å². The molecule has 2 aromatic carbocycles. The van der Waals surface area contributed by atoms with Gasteiger partial charge in [0.15, 0.2) is 0 Å². The number of nitrogens with zero attached hydrogens (tertiary/aromatic N) is 2. The molecule has 0 saturated carbocycles. The highest BCUT2D eigenvalue weighted by Gasteiger charge is 2.15. The number of fused-ring (bicyclic) bond motifs is 3. The number of allylic oxidation sites excluding steroid dienone is 4. The summed E-state index contributed by atoms with van der Waals surface area (Å²) in [5.41, 5.74) is 7.25. The summed E-state index contributed by atoms with van der Waals surface area (Å²) in [7, 11) is 1.71. The standard InChI is InChI=1S/C26H23FN2O/c1-16(8-11-20(15-28-4)19-6-5-7-21(27)14-19)24-17(2)9-12-22-23-13-10-18(3)29-26(23)30-25(22)24/h5-15H,1-4H3/b16-8+,20-11+,28-15?. The molecule has 0 amide bonds. The SMILES string of the molecule is CN=C/C(=C\C=C(/C)c1c(C)ccc2c1oc1nc(C)ccc12)c1cccc(F)c1. The zero-order chi connectivity index (χ0) is 21.3. The molecule has 0 aliphatic rings. The fourth-order valence-corrected chi connectivity index (χ4v) is 3.72. The number of benzene rings is 2. The second-order valence-corrected chi connectivity index (χ2v) is 7.41. The van der Waals surface area contributed by atoms with Crippen LogP contribution in [-0.4, -0.2) is 18.2 Å². The van der Waals surface area contributed by atoms with Gasteiger partial charge >= 0.3 is 0 Å². The molecule has 4 aromatic rings. The predicted octanol–water partition coefficient (Wildman–Crippen LogP) is 6.92. The predicted molar refractivity (Wildman–Crippen MR) is 123 cm³/mol. The molecule has 3 nitrogen and oxygen atoms in total. The Bertz CT molecular complexity index is 1340. The van der Waals surface area contributed by atoms with Gasteiger partial charge in [0.05, 0.1) is 0 Å². The van der Waals surface area contributed by atoms with Crippen LogP contribution < -0.4 is 0 Å². The third-order valence-corrected chi connectivity index (χ3v) is 5.19. The maximum Gasteiger partial charge on any atom is 0.227 e. The first-order valence-electron chi connectivity index (χ1n) is 9.84. The van der Waals surface area contributed by atoms with Crippen LogP contribution in [0.5, 0.6) is 0 Å². The first kappa shape index (κ1) is 19.8. The van der Waals surface area contributed by atoms with Gasteiger partial charge in [0, 0.05) is 35.3 Å². The zero-order valence-corrected chi connectivity index (χ0v) is 17.5. The largest absolute Gasteiger partial charge is 0.437 e. The van der Waals surface area contributed by atoms with Crippen molar-refractivity contribution in [3.63, 3.8) is 0 Å². The van der Waals surface area contributed by atoms with Crippen LogP contribution in [0.25, 0.3) is 33.2 Å². The van der Waals surface area contributed by atoms with Crippen molar-refractivity contribution >= 4 is 39.4 Å². The molecule has 4 heteroatoms. The normalized spacial score (nSPS) is 13.1. The average molecular weight is 398 g/mol. The molecule has 0 aliphatic carbocycles. The van der Waals surface area contributed by atoms with Crippen LogP contribution in [0.3, 0.4) is 0 Å². The molecule has 0 N–H and O–H groups in total. The van der Waals surface area contributed by atoms with E-state index < -0.39 is 0 Å². The second kappa shape index (κ2) is 8.07. The first-order chi connectivity index (χ1) is 14.5. The lowest BCUT2D eigenvalue weighted by atomic mass is 9.97. The van der Waals surface area contributed by atoms with Crippen LogP contribution in [0.2, 0.25) is 0 Å². The van der Waals surface area contributed by atoms with Crippen molar-refractivity contribution in [2.24, 2.45) is 4.99 Å². The third-order valence-electron chi connectivity index (χ3n) is 5.19. The summed E-state index contributed by atoms with van der Waals surface area (Å²) in [6, 6.07) is 14.8. The van der Waals surface area contributed by atoms with Crippen molar-refractivity contribution in [3.05, 3.63) is 88.9 Å². The average Bonchev–Trinajstić information content (AvgIpc) is 3.07. The van der Waals surface area contributed by atoms with Gasteiger partial charge in [-0.1, -0.05) is 36.4 Å². The Morgan fingerprint density at radius 1 is 1.03 bits per heavy atom. The number of hydrogen-bond donors (Lipinski definition) is 0. The Kier molecular flexibility index (Phi) is 5.32. The van der Waals surface area contributed by atoms with E-state index in [4.69, 9.17) is 4.42 Å². The van der Waals surface area contributed by atoms with Crippen molar-refractivity contribution < 1.29 is 8.81 Å². The second-order valence-electron chi connectivity index (χ2n) is 7.41. The van der Waals surface area contributed by atoms with E-state index in [2.05, 4.69) is 42.0 Å². The van der Waals surface area contributed by atoms with Gasteiger partial charge in [-0.25, -0.2) is 9.37 Å².